The average molecular weight is 395 g/mol. The second-order valence-corrected chi connectivity index (χ2v) is 8.68. The summed E-state index contributed by atoms with van der Waals surface area (Å²) in [6.07, 6.45) is 4.11. The van der Waals surface area contributed by atoms with Crippen LogP contribution in [0.5, 0.6) is 0 Å². The Hall–Kier alpha value is -1.47. The Balaban J connectivity index is 1.90. The topological polar surface area (TPSA) is 56.8 Å². The fourth-order valence-electron chi connectivity index (χ4n) is 3.59. The van der Waals surface area contributed by atoms with Crippen molar-refractivity contribution in [1.82, 2.24) is 19.7 Å². The Morgan fingerprint density at radius 3 is 2.22 bits per heavy atom. The van der Waals surface area contributed by atoms with Gasteiger partial charge in [-0.05, 0) is 19.8 Å². The number of hydrogen-bond acceptors (Lipinski definition) is 5. The van der Waals surface area contributed by atoms with Crippen LogP contribution in [0.1, 0.15) is 59.9 Å². The first-order valence-electron chi connectivity index (χ1n) is 10.1. The molecule has 6 nitrogen and oxygen atoms in total. The summed E-state index contributed by atoms with van der Waals surface area (Å²) in [7, 11) is 3.53. The van der Waals surface area contributed by atoms with Crippen molar-refractivity contribution in [3.63, 3.8) is 0 Å². The zero-order chi connectivity index (χ0) is 20.0. The first-order valence-corrected chi connectivity index (χ1v) is 10.9. The highest BCUT2D eigenvalue weighted by Crippen LogP contribution is 2.22. The summed E-state index contributed by atoms with van der Waals surface area (Å²) in [5.74, 6) is 0.541. The molecule has 27 heavy (non-hydrogen) atoms. The molecule has 0 bridgehead atoms. The molecule has 1 saturated heterocycles. The number of aromatic nitrogens is 1. The maximum Gasteiger partial charge on any atom is 0.265 e. The molecule has 7 heteroatoms. The number of carbonyl (C=O) groups excluding carboxylic acids is 2. The molecule has 1 fully saturated rings. The molecule has 0 radical (unpaired) electrons. The first-order chi connectivity index (χ1) is 12.9. The lowest BCUT2D eigenvalue weighted by atomic mass is 9.96. The summed E-state index contributed by atoms with van der Waals surface area (Å²) < 4.78 is 0. The van der Waals surface area contributed by atoms with Crippen molar-refractivity contribution in [2.45, 2.75) is 53.0 Å². The van der Waals surface area contributed by atoms with E-state index < -0.39 is 0 Å². The van der Waals surface area contributed by atoms with Crippen LogP contribution in [0.3, 0.4) is 0 Å². The minimum absolute atomic E-state index is 0.0181. The Morgan fingerprint density at radius 1 is 1.11 bits per heavy atom. The molecule has 0 saturated carbocycles. The Morgan fingerprint density at radius 2 is 1.70 bits per heavy atom. The molecule has 152 valence electrons. The maximum absolute atomic E-state index is 12.8. The lowest BCUT2D eigenvalue weighted by Crippen LogP contribution is -2.50. The second-order valence-electron chi connectivity index (χ2n) is 7.60. The van der Waals surface area contributed by atoms with Gasteiger partial charge in [0.2, 0.25) is 5.91 Å². The molecule has 2 rings (SSSR count). The van der Waals surface area contributed by atoms with E-state index in [-0.39, 0.29) is 11.8 Å². The van der Waals surface area contributed by atoms with Gasteiger partial charge in [-0.3, -0.25) is 14.5 Å². The van der Waals surface area contributed by atoms with Gasteiger partial charge in [0.1, 0.15) is 9.88 Å². The summed E-state index contributed by atoms with van der Waals surface area (Å²) in [4.78, 5) is 36.3. The normalized spacial score (nSPS) is 15.4. The third kappa shape index (κ3) is 5.75. The van der Waals surface area contributed by atoms with E-state index in [2.05, 4.69) is 23.7 Å². The largest absolute Gasteiger partial charge is 0.344 e. The number of nitrogens with zero attached hydrogens (tertiary/aromatic N) is 4. The fourth-order valence-corrected chi connectivity index (χ4v) is 4.71. The van der Waals surface area contributed by atoms with Crippen LogP contribution in [0.25, 0.3) is 0 Å². The van der Waals surface area contributed by atoms with Crippen LogP contribution in [0, 0.1) is 12.8 Å². The van der Waals surface area contributed by atoms with Gasteiger partial charge in [0.05, 0.1) is 12.2 Å². The molecule has 1 aromatic heterocycles. The third-order valence-electron chi connectivity index (χ3n) is 5.11. The minimum Gasteiger partial charge on any atom is -0.344 e. The lowest BCUT2D eigenvalue weighted by molar-refractivity contribution is -0.137. The molecule has 2 amide bonds. The average Bonchev–Trinajstić information content (AvgIpc) is 3.01. The van der Waals surface area contributed by atoms with Crippen molar-refractivity contribution in [3.05, 3.63) is 15.6 Å². The summed E-state index contributed by atoms with van der Waals surface area (Å²) in [6.45, 7) is 10.3. The van der Waals surface area contributed by atoms with Gasteiger partial charge in [-0.2, -0.15) is 0 Å². The van der Waals surface area contributed by atoms with Gasteiger partial charge >= 0.3 is 0 Å². The van der Waals surface area contributed by atoms with Crippen LogP contribution in [-0.2, 0) is 11.3 Å². The molecule has 1 aromatic rings. The Bertz CT molecular complexity index is 630. The molecule has 0 aliphatic carbocycles. The number of thiazole rings is 1. The summed E-state index contributed by atoms with van der Waals surface area (Å²) in [5.41, 5.74) is 0.810. The highest BCUT2D eigenvalue weighted by atomic mass is 32.1. The van der Waals surface area contributed by atoms with Gasteiger partial charge in [-0.15, -0.1) is 11.3 Å². The quantitative estimate of drug-likeness (QED) is 0.680. The van der Waals surface area contributed by atoms with Crippen molar-refractivity contribution >= 4 is 23.2 Å². The van der Waals surface area contributed by atoms with Gasteiger partial charge in [0, 0.05) is 46.2 Å². The van der Waals surface area contributed by atoms with Crippen LogP contribution >= 0.6 is 11.3 Å². The van der Waals surface area contributed by atoms with E-state index in [0.717, 1.165) is 74.0 Å². The predicted molar refractivity (Wildman–Crippen MR) is 110 cm³/mol. The SMILES string of the molecule is CCCC(CCC)C(=O)N1CCN(Cc2nc(C)c(C(=O)N(C)C)s2)CC1. The zero-order valence-corrected chi connectivity index (χ0v) is 18.3. The van der Waals surface area contributed by atoms with E-state index in [9.17, 15) is 9.59 Å². The molecule has 0 atom stereocenters. The summed E-state index contributed by atoms with van der Waals surface area (Å²) >= 11 is 1.49. The van der Waals surface area contributed by atoms with Gasteiger partial charge in [0.25, 0.3) is 5.91 Å². The number of aryl methyl sites for hydroxylation is 1. The van der Waals surface area contributed by atoms with Crippen molar-refractivity contribution in [3.8, 4) is 0 Å². The molecular weight excluding hydrogens is 360 g/mol. The summed E-state index contributed by atoms with van der Waals surface area (Å²) in [5, 5.41) is 0.979. The van der Waals surface area contributed by atoms with Gasteiger partial charge < -0.3 is 9.80 Å². The van der Waals surface area contributed by atoms with E-state index >= 15 is 0 Å². The number of hydrogen-bond donors (Lipinski definition) is 0. The van der Waals surface area contributed by atoms with Gasteiger partial charge in [-0.1, -0.05) is 26.7 Å². The predicted octanol–water partition coefficient (Wildman–Crippen LogP) is 3.01. The zero-order valence-electron chi connectivity index (χ0n) is 17.5. The van der Waals surface area contributed by atoms with Crippen LogP contribution < -0.4 is 0 Å². The maximum atomic E-state index is 12.8. The third-order valence-corrected chi connectivity index (χ3v) is 6.24. The smallest absolute Gasteiger partial charge is 0.265 e. The first kappa shape index (κ1) is 21.8. The van der Waals surface area contributed by atoms with Crippen LogP contribution in [0.15, 0.2) is 0 Å². The number of carbonyl (C=O) groups is 2. The number of rotatable bonds is 8. The molecule has 2 heterocycles. The van der Waals surface area contributed by atoms with E-state index in [1.807, 2.05) is 11.8 Å². The second kappa shape index (κ2) is 10.2. The minimum atomic E-state index is 0.0181. The summed E-state index contributed by atoms with van der Waals surface area (Å²) in [6, 6.07) is 0. The van der Waals surface area contributed by atoms with E-state index in [1.54, 1.807) is 19.0 Å². The Kier molecular flexibility index (Phi) is 8.23. The fraction of sp³-hybridized carbons (Fsp3) is 0.750. The standard InChI is InChI=1S/C20H34N4O2S/c1-6-8-16(9-7-2)19(25)24-12-10-23(11-13-24)14-17-21-15(3)18(27-17)20(26)22(4)5/h16H,6-14H2,1-5H3. The van der Waals surface area contributed by atoms with Gasteiger partial charge in [-0.25, -0.2) is 4.98 Å². The van der Waals surface area contributed by atoms with Crippen LogP contribution in [0.4, 0.5) is 0 Å². The highest BCUT2D eigenvalue weighted by Gasteiger charge is 2.27. The van der Waals surface area contributed by atoms with E-state index in [4.69, 9.17) is 0 Å². The van der Waals surface area contributed by atoms with Crippen molar-refractivity contribution in [1.29, 1.82) is 0 Å². The van der Waals surface area contributed by atoms with E-state index in [1.165, 1.54) is 11.3 Å². The van der Waals surface area contributed by atoms with Gasteiger partial charge in [0.15, 0.2) is 0 Å². The lowest BCUT2D eigenvalue weighted by Gasteiger charge is -2.36. The highest BCUT2D eigenvalue weighted by molar-refractivity contribution is 7.13. The molecule has 1 aliphatic heterocycles. The molecule has 0 N–H and O–H groups in total. The monoisotopic (exact) mass is 394 g/mol. The molecule has 0 aromatic carbocycles. The molecule has 1 aliphatic rings. The number of piperazine rings is 1. The van der Waals surface area contributed by atoms with Crippen LogP contribution in [-0.4, -0.2) is 71.8 Å². The molecule has 0 unspecified atom stereocenters. The van der Waals surface area contributed by atoms with E-state index in [0.29, 0.717) is 5.91 Å². The molecular formula is C20H34N4O2S. The number of amides is 2. The molecule has 0 spiro atoms. The van der Waals surface area contributed by atoms with Crippen molar-refractivity contribution in [2.75, 3.05) is 40.3 Å². The van der Waals surface area contributed by atoms with Crippen molar-refractivity contribution < 1.29 is 9.59 Å². The van der Waals surface area contributed by atoms with Crippen molar-refractivity contribution in [2.24, 2.45) is 5.92 Å². The van der Waals surface area contributed by atoms with Crippen LogP contribution in [0.2, 0.25) is 0 Å². The Labute approximate surface area is 167 Å².